The van der Waals surface area contributed by atoms with Crippen LogP contribution in [0.3, 0.4) is 0 Å². The van der Waals surface area contributed by atoms with E-state index in [1.54, 1.807) is 12.1 Å². The molecule has 0 radical (unpaired) electrons. The third-order valence-corrected chi connectivity index (χ3v) is 6.48. The first kappa shape index (κ1) is 20.9. The molecule has 0 saturated carbocycles. The van der Waals surface area contributed by atoms with Gasteiger partial charge in [0.25, 0.3) is 0 Å². The molecule has 3 heterocycles. The molecule has 1 saturated heterocycles. The van der Waals surface area contributed by atoms with E-state index in [0.29, 0.717) is 0 Å². The maximum Gasteiger partial charge on any atom is 0.166 e. The van der Waals surface area contributed by atoms with Gasteiger partial charge in [-0.1, -0.05) is 41.4 Å². The number of fused-ring (bicyclic) bond motifs is 1. The van der Waals surface area contributed by atoms with E-state index in [2.05, 4.69) is 36.1 Å². The average Bonchev–Trinajstić information content (AvgIpc) is 3.39. The number of aliphatic hydroxyl groups is 1. The van der Waals surface area contributed by atoms with Crippen molar-refractivity contribution in [3.63, 3.8) is 0 Å². The summed E-state index contributed by atoms with van der Waals surface area (Å²) in [6.45, 7) is 4.93. The monoisotopic (exact) mass is 450 g/mol. The lowest BCUT2D eigenvalue weighted by atomic mass is 10.0. The Morgan fingerprint density at radius 1 is 1.09 bits per heavy atom. The number of aliphatic hydroxyl groups excluding tert-OH is 1. The van der Waals surface area contributed by atoms with E-state index >= 15 is 0 Å². The maximum absolute atomic E-state index is 13.9. The molecule has 1 fully saturated rings. The summed E-state index contributed by atoms with van der Waals surface area (Å²) >= 11 is 6.11. The molecular weight excluding hydrogens is 427 g/mol. The lowest BCUT2D eigenvalue weighted by molar-refractivity contribution is 0.266. The normalized spacial score (nSPS) is 16.3. The summed E-state index contributed by atoms with van der Waals surface area (Å²) in [6.07, 6.45) is 1.92. The van der Waals surface area contributed by atoms with Crippen LogP contribution in [0.15, 0.2) is 48.5 Å². The molecule has 2 aromatic carbocycles. The number of benzene rings is 2. The molecule has 7 heteroatoms. The third-order valence-electron chi connectivity index (χ3n) is 6.19. The number of aryl methyl sites for hydroxylation is 2. The van der Waals surface area contributed by atoms with Gasteiger partial charge in [0.05, 0.1) is 29.1 Å². The summed E-state index contributed by atoms with van der Waals surface area (Å²) in [5.74, 6) is 0.315. The van der Waals surface area contributed by atoms with Crippen LogP contribution in [0.5, 0.6) is 0 Å². The standard InChI is InChI=1S/C25H24ClFN4O/c1-15-5-7-17(8-6-15)24-16(2)29-31-22(18-9-10-21(27)20(26)12-18)13-23(28-25(24)31)30-11-3-4-19(30)14-32/h5-10,12-13,19,32H,3-4,11,14H2,1-2H3. The third kappa shape index (κ3) is 3.53. The van der Waals surface area contributed by atoms with Crippen molar-refractivity contribution < 1.29 is 9.50 Å². The molecule has 164 valence electrons. The summed E-state index contributed by atoms with van der Waals surface area (Å²) in [5.41, 5.74) is 6.29. The summed E-state index contributed by atoms with van der Waals surface area (Å²) in [5, 5.41) is 14.7. The van der Waals surface area contributed by atoms with Crippen LogP contribution in [0.2, 0.25) is 5.02 Å². The number of aromatic nitrogens is 3. The van der Waals surface area contributed by atoms with Gasteiger partial charge in [-0.05, 0) is 50.5 Å². The minimum Gasteiger partial charge on any atom is -0.394 e. The van der Waals surface area contributed by atoms with Crippen LogP contribution in [0.4, 0.5) is 10.2 Å². The molecule has 32 heavy (non-hydrogen) atoms. The quantitative estimate of drug-likeness (QED) is 0.450. The molecule has 0 aliphatic carbocycles. The Morgan fingerprint density at radius 3 is 2.56 bits per heavy atom. The van der Waals surface area contributed by atoms with Crippen molar-refractivity contribution in [3.8, 4) is 22.4 Å². The molecule has 1 unspecified atom stereocenters. The predicted octanol–water partition coefficient (Wildman–Crippen LogP) is 5.43. The van der Waals surface area contributed by atoms with Crippen LogP contribution in [0.25, 0.3) is 28.0 Å². The van der Waals surface area contributed by atoms with Gasteiger partial charge in [0.1, 0.15) is 11.6 Å². The second kappa shape index (κ2) is 8.19. The molecule has 0 amide bonds. The Bertz CT molecular complexity index is 1300. The Hall–Kier alpha value is -2.96. The zero-order valence-electron chi connectivity index (χ0n) is 18.0. The van der Waals surface area contributed by atoms with Gasteiger partial charge in [0.15, 0.2) is 5.65 Å². The predicted molar refractivity (Wildman–Crippen MR) is 126 cm³/mol. The lowest BCUT2D eigenvalue weighted by Crippen LogP contribution is -2.32. The van der Waals surface area contributed by atoms with E-state index in [-0.39, 0.29) is 17.7 Å². The first-order valence-corrected chi connectivity index (χ1v) is 11.1. The van der Waals surface area contributed by atoms with Crippen molar-refractivity contribution in [2.45, 2.75) is 32.7 Å². The SMILES string of the molecule is Cc1ccc(-c2c(C)nn3c(-c4ccc(F)c(Cl)c4)cc(N4CCCC4CO)nc23)cc1. The summed E-state index contributed by atoms with van der Waals surface area (Å²) in [6, 6.07) is 15.0. The van der Waals surface area contributed by atoms with E-state index in [9.17, 15) is 9.50 Å². The number of halogens is 2. The molecule has 1 N–H and O–H groups in total. The van der Waals surface area contributed by atoms with Crippen LogP contribution >= 0.6 is 11.6 Å². The van der Waals surface area contributed by atoms with Crippen molar-refractivity contribution in [3.05, 3.63) is 70.6 Å². The molecule has 2 aromatic heterocycles. The van der Waals surface area contributed by atoms with Gasteiger partial charge in [-0.25, -0.2) is 13.9 Å². The molecule has 0 bridgehead atoms. The van der Waals surface area contributed by atoms with Crippen molar-refractivity contribution in [2.24, 2.45) is 0 Å². The highest BCUT2D eigenvalue weighted by molar-refractivity contribution is 6.31. The molecular formula is C25H24ClFN4O. The highest BCUT2D eigenvalue weighted by Gasteiger charge is 2.27. The van der Waals surface area contributed by atoms with Crippen LogP contribution < -0.4 is 4.90 Å². The lowest BCUT2D eigenvalue weighted by Gasteiger charge is -2.25. The maximum atomic E-state index is 13.9. The van der Waals surface area contributed by atoms with E-state index in [4.69, 9.17) is 21.7 Å². The van der Waals surface area contributed by atoms with Crippen molar-refractivity contribution in [2.75, 3.05) is 18.1 Å². The van der Waals surface area contributed by atoms with Crippen LogP contribution in [-0.4, -0.2) is 38.9 Å². The minimum atomic E-state index is -0.460. The number of nitrogens with zero attached hydrogens (tertiary/aromatic N) is 4. The van der Waals surface area contributed by atoms with Gasteiger partial charge >= 0.3 is 0 Å². The van der Waals surface area contributed by atoms with Crippen molar-refractivity contribution in [1.29, 1.82) is 0 Å². The second-order valence-corrected chi connectivity index (χ2v) is 8.77. The van der Waals surface area contributed by atoms with Crippen LogP contribution in [0.1, 0.15) is 24.1 Å². The molecule has 4 aromatic rings. The molecule has 5 nitrogen and oxygen atoms in total. The highest BCUT2D eigenvalue weighted by atomic mass is 35.5. The Kier molecular flexibility index (Phi) is 5.35. The van der Waals surface area contributed by atoms with Crippen molar-refractivity contribution in [1.82, 2.24) is 14.6 Å². The Balaban J connectivity index is 1.79. The van der Waals surface area contributed by atoms with Gasteiger partial charge in [-0.3, -0.25) is 0 Å². The van der Waals surface area contributed by atoms with Gasteiger partial charge < -0.3 is 10.0 Å². The van der Waals surface area contributed by atoms with Gasteiger partial charge in [-0.15, -0.1) is 0 Å². The number of anilines is 1. The van der Waals surface area contributed by atoms with Gasteiger partial charge in [-0.2, -0.15) is 5.10 Å². The number of hydrogen-bond acceptors (Lipinski definition) is 4. The van der Waals surface area contributed by atoms with Crippen molar-refractivity contribution >= 4 is 23.1 Å². The fourth-order valence-electron chi connectivity index (χ4n) is 4.50. The van der Waals surface area contributed by atoms with E-state index < -0.39 is 5.82 Å². The zero-order valence-corrected chi connectivity index (χ0v) is 18.8. The molecule has 1 aliphatic heterocycles. The van der Waals surface area contributed by atoms with E-state index in [1.165, 1.54) is 11.6 Å². The van der Waals surface area contributed by atoms with Gasteiger partial charge in [0.2, 0.25) is 0 Å². The second-order valence-electron chi connectivity index (χ2n) is 8.36. The Labute approximate surface area is 191 Å². The summed E-state index contributed by atoms with van der Waals surface area (Å²) in [7, 11) is 0. The first-order valence-electron chi connectivity index (χ1n) is 10.8. The Morgan fingerprint density at radius 2 is 1.84 bits per heavy atom. The summed E-state index contributed by atoms with van der Waals surface area (Å²) in [4.78, 5) is 7.16. The molecule has 1 atom stereocenters. The fraction of sp³-hybridized carbons (Fsp3) is 0.280. The molecule has 5 rings (SSSR count). The summed E-state index contributed by atoms with van der Waals surface area (Å²) < 4.78 is 15.7. The van der Waals surface area contributed by atoms with Crippen LogP contribution in [0, 0.1) is 19.7 Å². The van der Waals surface area contributed by atoms with Crippen LogP contribution in [-0.2, 0) is 0 Å². The van der Waals surface area contributed by atoms with E-state index in [1.807, 2.05) is 17.5 Å². The number of rotatable bonds is 4. The smallest absolute Gasteiger partial charge is 0.166 e. The highest BCUT2D eigenvalue weighted by Crippen LogP contribution is 2.35. The molecule has 1 aliphatic rings. The molecule has 0 spiro atoms. The van der Waals surface area contributed by atoms with Gasteiger partial charge in [0, 0.05) is 23.7 Å². The largest absolute Gasteiger partial charge is 0.394 e. The fourth-order valence-corrected chi connectivity index (χ4v) is 4.68. The number of hydrogen-bond donors (Lipinski definition) is 1. The first-order chi connectivity index (χ1) is 15.5. The topological polar surface area (TPSA) is 53.7 Å². The van der Waals surface area contributed by atoms with E-state index in [0.717, 1.165) is 58.9 Å². The minimum absolute atomic E-state index is 0.0291. The zero-order chi connectivity index (χ0) is 22.4. The average molecular weight is 451 g/mol.